The highest BCUT2D eigenvalue weighted by Crippen LogP contribution is 2.31. The third kappa shape index (κ3) is 4.86. The summed E-state index contributed by atoms with van der Waals surface area (Å²) in [6.45, 7) is 1.76. The fourth-order valence-electron chi connectivity index (χ4n) is 3.45. The lowest BCUT2D eigenvalue weighted by Crippen LogP contribution is -2.30. The quantitative estimate of drug-likeness (QED) is 0.350. The molecule has 0 saturated heterocycles. The van der Waals surface area contributed by atoms with Crippen LogP contribution in [0.15, 0.2) is 77.7 Å². The van der Waals surface area contributed by atoms with Crippen molar-refractivity contribution in [2.24, 2.45) is 0 Å². The van der Waals surface area contributed by atoms with Crippen LogP contribution in [-0.2, 0) is 10.0 Å². The van der Waals surface area contributed by atoms with Crippen LogP contribution in [0.5, 0.6) is 5.75 Å². The summed E-state index contributed by atoms with van der Waals surface area (Å²) in [7, 11) is 0.589. The molecule has 9 nitrogen and oxygen atoms in total. The molecular weight excluding hydrogens is 458 g/mol. The summed E-state index contributed by atoms with van der Waals surface area (Å²) >= 11 is 0. The van der Waals surface area contributed by atoms with Crippen LogP contribution >= 0.6 is 0 Å². The molecular formula is C24H25N3O6S. The van der Waals surface area contributed by atoms with Crippen LogP contribution in [0, 0.1) is 10.1 Å². The smallest absolute Gasteiger partial charge is 0.269 e. The Morgan fingerprint density at radius 2 is 1.65 bits per heavy atom. The number of ether oxygens (including phenoxy) is 1. The van der Waals surface area contributed by atoms with E-state index in [1.54, 1.807) is 50.4 Å². The lowest BCUT2D eigenvalue weighted by molar-refractivity contribution is -0.384. The van der Waals surface area contributed by atoms with Crippen LogP contribution in [-0.4, -0.2) is 45.4 Å². The van der Waals surface area contributed by atoms with E-state index in [2.05, 4.69) is 0 Å². The van der Waals surface area contributed by atoms with Gasteiger partial charge >= 0.3 is 0 Å². The number of nitro groups is 1. The van der Waals surface area contributed by atoms with Gasteiger partial charge in [0.25, 0.3) is 21.6 Å². The highest BCUT2D eigenvalue weighted by molar-refractivity contribution is 7.92. The molecule has 1 amide bonds. The predicted octanol–water partition coefficient (Wildman–Crippen LogP) is 4.26. The highest BCUT2D eigenvalue weighted by Gasteiger charge is 2.25. The Morgan fingerprint density at radius 1 is 1.00 bits per heavy atom. The molecule has 0 saturated carbocycles. The molecule has 0 fully saturated rings. The van der Waals surface area contributed by atoms with E-state index in [4.69, 9.17) is 4.74 Å². The van der Waals surface area contributed by atoms with Crippen molar-refractivity contribution in [2.75, 3.05) is 25.5 Å². The molecule has 0 bridgehead atoms. The molecule has 1 atom stereocenters. The van der Waals surface area contributed by atoms with Crippen LogP contribution in [0.3, 0.4) is 0 Å². The highest BCUT2D eigenvalue weighted by atomic mass is 32.2. The summed E-state index contributed by atoms with van der Waals surface area (Å²) in [4.78, 5) is 25.0. The maximum Gasteiger partial charge on any atom is 0.269 e. The van der Waals surface area contributed by atoms with Crippen molar-refractivity contribution in [3.8, 4) is 5.75 Å². The Bertz CT molecular complexity index is 1310. The van der Waals surface area contributed by atoms with E-state index in [-0.39, 0.29) is 16.5 Å². The van der Waals surface area contributed by atoms with Crippen molar-refractivity contribution < 1.29 is 22.9 Å². The molecule has 0 aromatic heterocycles. The second-order valence-corrected chi connectivity index (χ2v) is 9.58. The number of benzene rings is 3. The Hall–Kier alpha value is -3.92. The standard InChI is InChI=1S/C24H25N3O6S/c1-17(19-8-7-9-20(16-19)27(29)30)25(2)24(28)18-12-14-21(15-13-18)34(31,32)26(3)22-10-5-6-11-23(22)33-4/h5-17H,1-4H3. The first kappa shape index (κ1) is 24.7. The normalized spacial score (nSPS) is 12.0. The number of anilines is 1. The van der Waals surface area contributed by atoms with Crippen molar-refractivity contribution in [1.82, 2.24) is 4.90 Å². The fourth-order valence-corrected chi connectivity index (χ4v) is 4.65. The number of sulfonamides is 1. The molecule has 0 aliphatic carbocycles. The van der Waals surface area contributed by atoms with Crippen LogP contribution in [0.25, 0.3) is 0 Å². The average molecular weight is 484 g/mol. The van der Waals surface area contributed by atoms with E-state index in [9.17, 15) is 23.3 Å². The van der Waals surface area contributed by atoms with Gasteiger partial charge in [-0.25, -0.2) is 8.42 Å². The van der Waals surface area contributed by atoms with Gasteiger partial charge in [0.05, 0.1) is 28.7 Å². The number of nitro benzene ring substituents is 1. The third-order valence-corrected chi connectivity index (χ3v) is 7.43. The number of hydrogen-bond donors (Lipinski definition) is 0. The summed E-state index contributed by atoms with van der Waals surface area (Å²) < 4.78 is 32.6. The summed E-state index contributed by atoms with van der Waals surface area (Å²) in [5.41, 5.74) is 1.23. The molecule has 0 heterocycles. The summed E-state index contributed by atoms with van der Waals surface area (Å²) in [5.74, 6) is 0.0678. The second kappa shape index (κ2) is 9.92. The van der Waals surface area contributed by atoms with Gasteiger partial charge in [-0.2, -0.15) is 0 Å². The van der Waals surface area contributed by atoms with Crippen LogP contribution < -0.4 is 9.04 Å². The van der Waals surface area contributed by atoms with Crippen molar-refractivity contribution >= 4 is 27.3 Å². The monoisotopic (exact) mass is 483 g/mol. The van der Waals surface area contributed by atoms with Gasteiger partial charge in [-0.3, -0.25) is 19.2 Å². The maximum atomic E-state index is 13.1. The maximum absolute atomic E-state index is 13.1. The molecule has 0 spiro atoms. The van der Waals surface area contributed by atoms with Crippen LogP contribution in [0.4, 0.5) is 11.4 Å². The number of carbonyl (C=O) groups is 1. The minimum atomic E-state index is -3.89. The van der Waals surface area contributed by atoms with Crippen molar-refractivity contribution in [3.63, 3.8) is 0 Å². The Balaban J connectivity index is 1.82. The number of amides is 1. The second-order valence-electron chi connectivity index (χ2n) is 7.61. The van der Waals surface area contributed by atoms with Gasteiger partial charge < -0.3 is 9.64 Å². The molecule has 34 heavy (non-hydrogen) atoms. The van der Waals surface area contributed by atoms with Gasteiger partial charge in [-0.05, 0) is 48.9 Å². The minimum Gasteiger partial charge on any atom is -0.495 e. The molecule has 3 aromatic carbocycles. The van der Waals surface area contributed by atoms with E-state index >= 15 is 0 Å². The largest absolute Gasteiger partial charge is 0.495 e. The van der Waals surface area contributed by atoms with Crippen molar-refractivity contribution in [3.05, 3.63) is 94.0 Å². The number of methoxy groups -OCH3 is 1. The average Bonchev–Trinajstić information content (AvgIpc) is 2.86. The molecule has 0 radical (unpaired) electrons. The first-order chi connectivity index (χ1) is 16.1. The first-order valence-corrected chi connectivity index (χ1v) is 11.8. The van der Waals surface area contributed by atoms with Crippen LogP contribution in [0.1, 0.15) is 28.9 Å². The number of non-ortho nitro benzene ring substituents is 1. The van der Waals surface area contributed by atoms with Gasteiger partial charge in [-0.15, -0.1) is 0 Å². The first-order valence-electron chi connectivity index (χ1n) is 10.3. The van der Waals surface area contributed by atoms with Gasteiger partial charge in [0.15, 0.2) is 0 Å². The molecule has 0 aliphatic heterocycles. The zero-order chi connectivity index (χ0) is 25.0. The predicted molar refractivity (Wildman–Crippen MR) is 129 cm³/mol. The zero-order valence-corrected chi connectivity index (χ0v) is 20.0. The van der Waals surface area contributed by atoms with E-state index in [1.165, 1.54) is 55.5 Å². The third-order valence-electron chi connectivity index (χ3n) is 5.65. The van der Waals surface area contributed by atoms with Gasteiger partial charge in [0.2, 0.25) is 0 Å². The molecule has 3 rings (SSSR count). The summed E-state index contributed by atoms with van der Waals surface area (Å²) in [5, 5.41) is 11.1. The fraction of sp³-hybridized carbons (Fsp3) is 0.208. The zero-order valence-electron chi connectivity index (χ0n) is 19.2. The van der Waals surface area contributed by atoms with Gasteiger partial charge in [-0.1, -0.05) is 24.3 Å². The molecule has 1 unspecified atom stereocenters. The number of carbonyl (C=O) groups excluding carboxylic acids is 1. The van der Waals surface area contributed by atoms with Crippen molar-refractivity contribution in [2.45, 2.75) is 17.9 Å². The molecule has 3 aromatic rings. The summed E-state index contributed by atoms with van der Waals surface area (Å²) in [6.07, 6.45) is 0. The molecule has 0 N–H and O–H groups in total. The number of nitrogens with zero attached hydrogens (tertiary/aromatic N) is 3. The van der Waals surface area contributed by atoms with Crippen LogP contribution in [0.2, 0.25) is 0 Å². The van der Waals surface area contributed by atoms with Gasteiger partial charge in [0.1, 0.15) is 5.75 Å². The lowest BCUT2D eigenvalue weighted by Gasteiger charge is -2.25. The summed E-state index contributed by atoms with van der Waals surface area (Å²) in [6, 6.07) is 18.1. The number of rotatable bonds is 8. The topological polar surface area (TPSA) is 110 Å². The SMILES string of the molecule is COc1ccccc1N(C)S(=O)(=O)c1ccc(C(=O)N(C)C(C)c2cccc([N+](=O)[O-])c2)cc1. The molecule has 0 aliphatic rings. The lowest BCUT2D eigenvalue weighted by atomic mass is 10.1. The van der Waals surface area contributed by atoms with E-state index in [0.29, 0.717) is 22.6 Å². The number of para-hydroxylation sites is 2. The van der Waals surface area contributed by atoms with Crippen molar-refractivity contribution in [1.29, 1.82) is 0 Å². The Morgan fingerprint density at radius 3 is 2.26 bits per heavy atom. The molecule has 10 heteroatoms. The number of hydrogen-bond acceptors (Lipinski definition) is 6. The van der Waals surface area contributed by atoms with E-state index < -0.39 is 21.0 Å². The minimum absolute atomic E-state index is 0.0202. The van der Waals surface area contributed by atoms with E-state index in [1.807, 2.05) is 0 Å². The van der Waals surface area contributed by atoms with Gasteiger partial charge in [0, 0.05) is 31.8 Å². The van der Waals surface area contributed by atoms with E-state index in [0.717, 1.165) is 4.31 Å². The molecule has 178 valence electrons. The Labute approximate surface area is 198 Å². The Kier molecular flexibility index (Phi) is 7.21.